The van der Waals surface area contributed by atoms with Gasteiger partial charge in [-0.15, -0.1) is 0 Å². The van der Waals surface area contributed by atoms with Gasteiger partial charge >= 0.3 is 5.97 Å². The van der Waals surface area contributed by atoms with E-state index < -0.39 is 0 Å². The number of nitrogens with one attached hydrogen (secondary N) is 1. The van der Waals surface area contributed by atoms with Gasteiger partial charge in [-0.25, -0.2) is 4.79 Å². The van der Waals surface area contributed by atoms with Gasteiger partial charge in [0.2, 0.25) is 0 Å². The lowest BCUT2D eigenvalue weighted by molar-refractivity contribution is -0.136. The molecule has 1 heterocycles. The van der Waals surface area contributed by atoms with Crippen molar-refractivity contribution in [1.29, 1.82) is 0 Å². The van der Waals surface area contributed by atoms with Crippen LogP contribution in [-0.2, 0) is 9.53 Å². The van der Waals surface area contributed by atoms with E-state index in [0.717, 1.165) is 0 Å². The standard InChI is InChI=1S/C7H10N2O2/c1-11-7(10)5-4-9-3-2-6(5)8/h2-3,9H,4,8H2,1H3. The van der Waals surface area contributed by atoms with Gasteiger partial charge in [0.15, 0.2) is 0 Å². The first-order chi connectivity index (χ1) is 5.25. The largest absolute Gasteiger partial charge is 0.466 e. The van der Waals surface area contributed by atoms with Crippen molar-refractivity contribution in [3.63, 3.8) is 0 Å². The summed E-state index contributed by atoms with van der Waals surface area (Å²) in [6, 6.07) is 0. The van der Waals surface area contributed by atoms with Crippen LogP contribution in [-0.4, -0.2) is 19.6 Å². The summed E-state index contributed by atoms with van der Waals surface area (Å²) in [6.45, 7) is 0.439. The fourth-order valence-corrected chi connectivity index (χ4v) is 0.826. The van der Waals surface area contributed by atoms with Gasteiger partial charge in [-0.2, -0.15) is 0 Å². The van der Waals surface area contributed by atoms with Gasteiger partial charge in [0, 0.05) is 12.2 Å². The zero-order valence-corrected chi connectivity index (χ0v) is 6.26. The Morgan fingerprint density at radius 2 is 2.55 bits per heavy atom. The molecular formula is C7H10N2O2. The number of hydrogen-bond acceptors (Lipinski definition) is 4. The van der Waals surface area contributed by atoms with Crippen LogP contribution >= 0.6 is 0 Å². The molecule has 4 heteroatoms. The fraction of sp³-hybridized carbons (Fsp3) is 0.286. The van der Waals surface area contributed by atoms with Gasteiger partial charge in [-0.3, -0.25) is 0 Å². The molecule has 0 amide bonds. The van der Waals surface area contributed by atoms with Gasteiger partial charge in [0.1, 0.15) is 0 Å². The summed E-state index contributed by atoms with van der Waals surface area (Å²) in [5.74, 6) is -0.376. The second-order valence-electron chi connectivity index (χ2n) is 2.14. The maximum Gasteiger partial charge on any atom is 0.337 e. The minimum atomic E-state index is -0.376. The molecule has 0 fully saturated rings. The quantitative estimate of drug-likeness (QED) is 0.499. The van der Waals surface area contributed by atoms with Crippen molar-refractivity contribution >= 4 is 5.97 Å². The second kappa shape index (κ2) is 3.09. The highest BCUT2D eigenvalue weighted by Gasteiger charge is 2.13. The van der Waals surface area contributed by atoms with Crippen LogP contribution in [0.4, 0.5) is 0 Å². The number of esters is 1. The lowest BCUT2D eigenvalue weighted by atomic mass is 10.1. The number of dihydropyridines is 1. The maximum absolute atomic E-state index is 10.9. The zero-order valence-electron chi connectivity index (χ0n) is 6.26. The van der Waals surface area contributed by atoms with Crippen LogP contribution in [0.1, 0.15) is 0 Å². The first-order valence-corrected chi connectivity index (χ1v) is 3.22. The summed E-state index contributed by atoms with van der Waals surface area (Å²) in [5, 5.41) is 2.86. The predicted octanol–water partition coefficient (Wildman–Crippen LogP) is -0.511. The highest BCUT2D eigenvalue weighted by atomic mass is 16.5. The maximum atomic E-state index is 10.9. The Hall–Kier alpha value is -1.45. The van der Waals surface area contributed by atoms with Crippen molar-refractivity contribution in [3.05, 3.63) is 23.5 Å². The SMILES string of the molecule is COC(=O)C1=C(N)C=CNC1. The summed E-state index contributed by atoms with van der Waals surface area (Å²) in [5.41, 5.74) is 6.46. The number of rotatable bonds is 1. The Bertz CT molecular complexity index is 231. The third-order valence-electron chi connectivity index (χ3n) is 1.44. The van der Waals surface area contributed by atoms with E-state index >= 15 is 0 Å². The Kier molecular flexibility index (Phi) is 2.15. The molecule has 0 aliphatic carbocycles. The zero-order chi connectivity index (χ0) is 8.27. The molecule has 0 aromatic carbocycles. The molecule has 11 heavy (non-hydrogen) atoms. The van der Waals surface area contributed by atoms with Crippen molar-refractivity contribution < 1.29 is 9.53 Å². The molecule has 0 spiro atoms. The van der Waals surface area contributed by atoms with Gasteiger partial charge in [-0.1, -0.05) is 0 Å². The Balaban J connectivity index is 2.83. The van der Waals surface area contributed by atoms with Gasteiger partial charge in [0.05, 0.1) is 12.7 Å². The molecule has 0 radical (unpaired) electrons. The number of allylic oxidation sites excluding steroid dienone is 1. The van der Waals surface area contributed by atoms with Crippen molar-refractivity contribution in [2.24, 2.45) is 5.73 Å². The molecule has 0 saturated heterocycles. The second-order valence-corrected chi connectivity index (χ2v) is 2.14. The van der Waals surface area contributed by atoms with Crippen molar-refractivity contribution in [3.8, 4) is 0 Å². The molecule has 0 aromatic rings. The van der Waals surface area contributed by atoms with E-state index in [4.69, 9.17) is 5.73 Å². The van der Waals surface area contributed by atoms with E-state index in [1.54, 1.807) is 12.3 Å². The van der Waals surface area contributed by atoms with E-state index in [9.17, 15) is 4.79 Å². The lowest BCUT2D eigenvalue weighted by Gasteiger charge is -2.11. The van der Waals surface area contributed by atoms with E-state index in [1.165, 1.54) is 7.11 Å². The fourth-order valence-electron chi connectivity index (χ4n) is 0.826. The number of methoxy groups -OCH3 is 1. The van der Waals surface area contributed by atoms with Crippen LogP contribution < -0.4 is 11.1 Å². The molecule has 1 aliphatic heterocycles. The smallest absolute Gasteiger partial charge is 0.337 e. The van der Waals surface area contributed by atoms with Crippen LogP contribution in [0.15, 0.2) is 23.5 Å². The molecule has 1 aliphatic rings. The molecule has 0 unspecified atom stereocenters. The predicted molar refractivity (Wildman–Crippen MR) is 40.4 cm³/mol. The molecule has 0 bridgehead atoms. The van der Waals surface area contributed by atoms with Crippen molar-refractivity contribution in [2.45, 2.75) is 0 Å². The number of nitrogens with two attached hydrogens (primary N) is 1. The lowest BCUT2D eigenvalue weighted by Crippen LogP contribution is -2.24. The molecule has 0 atom stereocenters. The summed E-state index contributed by atoms with van der Waals surface area (Å²) in [7, 11) is 1.33. The molecule has 1 rings (SSSR count). The monoisotopic (exact) mass is 154 g/mol. The number of ether oxygens (including phenoxy) is 1. The first kappa shape index (κ1) is 7.65. The minimum absolute atomic E-state index is 0.376. The van der Waals surface area contributed by atoms with Gasteiger partial charge in [-0.05, 0) is 12.3 Å². The molecule has 60 valence electrons. The topological polar surface area (TPSA) is 64.3 Å². The minimum Gasteiger partial charge on any atom is -0.466 e. The number of carbonyl (C=O) groups excluding carboxylic acids is 1. The summed E-state index contributed by atoms with van der Waals surface area (Å²) < 4.78 is 4.51. The summed E-state index contributed by atoms with van der Waals surface area (Å²) in [6.07, 6.45) is 3.33. The third kappa shape index (κ3) is 1.52. The Labute approximate surface area is 64.7 Å². The van der Waals surface area contributed by atoms with E-state index in [1.807, 2.05) is 0 Å². The number of carbonyl (C=O) groups is 1. The van der Waals surface area contributed by atoms with Crippen LogP contribution in [0.2, 0.25) is 0 Å². The molecule has 0 aromatic heterocycles. The molecular weight excluding hydrogens is 144 g/mol. The van der Waals surface area contributed by atoms with E-state index in [-0.39, 0.29) is 5.97 Å². The van der Waals surface area contributed by atoms with E-state index in [0.29, 0.717) is 17.8 Å². The Morgan fingerprint density at radius 1 is 1.82 bits per heavy atom. The normalized spacial score (nSPS) is 16.1. The summed E-state index contributed by atoms with van der Waals surface area (Å²) >= 11 is 0. The molecule has 4 nitrogen and oxygen atoms in total. The Morgan fingerprint density at radius 3 is 3.09 bits per heavy atom. The van der Waals surface area contributed by atoms with Crippen LogP contribution in [0.5, 0.6) is 0 Å². The molecule has 0 saturated carbocycles. The van der Waals surface area contributed by atoms with Crippen LogP contribution in [0.3, 0.4) is 0 Å². The highest BCUT2D eigenvalue weighted by molar-refractivity contribution is 5.90. The van der Waals surface area contributed by atoms with Crippen molar-refractivity contribution in [2.75, 3.05) is 13.7 Å². The average Bonchev–Trinajstić information content (AvgIpc) is 2.04. The van der Waals surface area contributed by atoms with Gasteiger partial charge in [0.25, 0.3) is 0 Å². The van der Waals surface area contributed by atoms with Gasteiger partial charge < -0.3 is 15.8 Å². The van der Waals surface area contributed by atoms with Crippen LogP contribution in [0, 0.1) is 0 Å². The first-order valence-electron chi connectivity index (χ1n) is 3.22. The van der Waals surface area contributed by atoms with Crippen LogP contribution in [0.25, 0.3) is 0 Å². The highest BCUT2D eigenvalue weighted by Crippen LogP contribution is 2.05. The average molecular weight is 154 g/mol. The summed E-state index contributed by atoms with van der Waals surface area (Å²) in [4.78, 5) is 10.9. The third-order valence-corrected chi connectivity index (χ3v) is 1.44. The molecule has 3 N–H and O–H groups in total. The van der Waals surface area contributed by atoms with E-state index in [2.05, 4.69) is 10.1 Å². The van der Waals surface area contributed by atoms with Crippen molar-refractivity contribution in [1.82, 2.24) is 5.32 Å². The number of hydrogen-bond donors (Lipinski definition) is 2.